The lowest BCUT2D eigenvalue weighted by Crippen LogP contribution is -2.27. The van der Waals surface area contributed by atoms with E-state index < -0.39 is 10.8 Å². The van der Waals surface area contributed by atoms with Gasteiger partial charge in [0.1, 0.15) is 22.3 Å². The minimum absolute atomic E-state index is 0.378. The van der Waals surface area contributed by atoms with Gasteiger partial charge in [-0.1, -0.05) is 238 Å². The van der Waals surface area contributed by atoms with Crippen LogP contribution in [0.4, 0.5) is 17.1 Å². The molecule has 0 aliphatic heterocycles. The Bertz CT molecular complexity index is 5880. The largest absolute Gasteiger partial charge is 0.456 e. The molecule has 0 unspecified atom stereocenters. The molecule has 0 bridgehead atoms. The maximum Gasteiger partial charge on any atom is 0.143 e. The highest BCUT2D eigenvalue weighted by Gasteiger charge is 2.57. The van der Waals surface area contributed by atoms with Crippen LogP contribution < -0.4 is 4.90 Å². The average Bonchev–Trinajstić information content (AvgIpc) is 1.49. The van der Waals surface area contributed by atoms with Gasteiger partial charge in [0.25, 0.3) is 0 Å². The summed E-state index contributed by atoms with van der Waals surface area (Å²) in [7, 11) is 0. The molecule has 2 heterocycles. The fourth-order valence-corrected chi connectivity index (χ4v) is 18.2. The van der Waals surface area contributed by atoms with Crippen molar-refractivity contribution in [2.45, 2.75) is 37.0 Å². The topological polar surface area (TPSA) is 29.5 Å². The summed E-state index contributed by atoms with van der Waals surface area (Å²) < 4.78 is 13.8. The van der Waals surface area contributed by atoms with Crippen molar-refractivity contribution < 1.29 is 8.83 Å². The van der Waals surface area contributed by atoms with Crippen LogP contribution in [0.2, 0.25) is 0 Å². The summed E-state index contributed by atoms with van der Waals surface area (Å²) in [6.07, 6.45) is 0. The monoisotopic (exact) mass is 1180 g/mol. The average molecular weight is 1180 g/mol. The first-order valence-electron chi connectivity index (χ1n) is 32.6. The van der Waals surface area contributed by atoms with Gasteiger partial charge in [-0.2, -0.15) is 0 Å². The molecule has 0 amide bonds. The minimum atomic E-state index is -0.671. The lowest BCUT2D eigenvalue weighted by molar-refractivity contribution is 0.657. The van der Waals surface area contributed by atoms with Crippen LogP contribution in [0.1, 0.15) is 75.0 Å². The number of benzene rings is 14. The van der Waals surface area contributed by atoms with E-state index in [1.807, 2.05) is 0 Å². The van der Waals surface area contributed by atoms with E-state index >= 15 is 0 Å². The fraction of sp³-hybridized carbons (Fsp3) is 0.0667. The Hall–Kier alpha value is -11.5. The summed E-state index contributed by atoms with van der Waals surface area (Å²) in [6.45, 7) is 7.02. The van der Waals surface area contributed by atoms with Crippen LogP contribution in [0.15, 0.2) is 300 Å². The second-order valence-corrected chi connectivity index (χ2v) is 26.9. The van der Waals surface area contributed by atoms with E-state index in [-0.39, 0.29) is 5.41 Å². The van der Waals surface area contributed by atoms with Gasteiger partial charge in [-0.3, -0.25) is 0 Å². The van der Waals surface area contributed by atoms with Gasteiger partial charge < -0.3 is 13.7 Å². The first kappa shape index (κ1) is 51.2. The van der Waals surface area contributed by atoms with Gasteiger partial charge in [-0.05, 0) is 208 Å². The molecule has 0 saturated carbocycles. The molecule has 14 aromatic carbocycles. The van der Waals surface area contributed by atoms with Gasteiger partial charge in [-0.15, -0.1) is 0 Å². The molecule has 3 nitrogen and oxygen atoms in total. The molecule has 5 aliphatic rings. The first-order valence-corrected chi connectivity index (χ1v) is 32.6. The van der Waals surface area contributed by atoms with Crippen LogP contribution in [0.25, 0.3) is 122 Å². The normalized spacial score (nSPS) is 14.7. The van der Waals surface area contributed by atoms with Crippen molar-refractivity contribution in [3.8, 4) is 77.9 Å². The second kappa shape index (κ2) is 18.1. The zero-order valence-electron chi connectivity index (χ0n) is 51.5. The summed E-state index contributed by atoms with van der Waals surface area (Å²) in [6, 6.07) is 110. The minimum Gasteiger partial charge on any atom is -0.456 e. The number of para-hydroxylation sites is 2. The van der Waals surface area contributed by atoms with E-state index in [1.165, 1.54) is 139 Å². The second-order valence-electron chi connectivity index (χ2n) is 26.9. The van der Waals surface area contributed by atoms with Crippen LogP contribution in [0.3, 0.4) is 0 Å². The Labute approximate surface area is 538 Å². The van der Waals surface area contributed by atoms with E-state index in [9.17, 15) is 0 Å². The number of anilines is 3. The summed E-state index contributed by atoms with van der Waals surface area (Å²) in [5.74, 6) is 0. The highest BCUT2D eigenvalue weighted by molar-refractivity contribution is 6.20. The van der Waals surface area contributed by atoms with Gasteiger partial charge in [0, 0.05) is 49.6 Å². The summed E-state index contributed by atoms with van der Waals surface area (Å²) >= 11 is 0. The number of furan rings is 2. The molecule has 434 valence electrons. The molecule has 2 spiro atoms. The molecule has 5 aliphatic carbocycles. The van der Waals surface area contributed by atoms with Gasteiger partial charge in [0.05, 0.1) is 10.8 Å². The summed E-state index contributed by atoms with van der Waals surface area (Å²) in [5, 5.41) is 4.62. The van der Waals surface area contributed by atoms with Crippen LogP contribution in [-0.4, -0.2) is 0 Å². The van der Waals surface area contributed by atoms with E-state index in [4.69, 9.17) is 8.83 Å². The molecule has 0 fully saturated rings. The maximum absolute atomic E-state index is 7.00. The van der Waals surface area contributed by atoms with Crippen molar-refractivity contribution in [3.05, 3.63) is 352 Å². The number of hydrogen-bond acceptors (Lipinski definition) is 3. The molecule has 3 heteroatoms. The molecule has 21 rings (SSSR count). The number of hydrogen-bond donors (Lipinski definition) is 0. The molecule has 2 aromatic heterocycles. The number of rotatable bonds is 5. The predicted molar refractivity (Wildman–Crippen MR) is 381 cm³/mol. The van der Waals surface area contributed by atoms with Crippen molar-refractivity contribution in [1.82, 2.24) is 0 Å². The number of aryl methyl sites for hydroxylation is 1. The molecule has 16 aromatic rings. The SMILES string of the molecule is Cc1ccc(N(c2ccc3c(c2)C(C)(C)c2cc(-c4ccc(-c5ccccc5)cc4)c4oc5ccccc5c4c2-3)c2ccc3c(c2)C2(c4ccccc4-c4ccccc42)c2cc4c(cc2-3)C2(c3ccccc3-c3ccccc32)c2ccc3oc5ccccc5c3c2-4)cc1. The third kappa shape index (κ3) is 6.44. The lowest BCUT2D eigenvalue weighted by atomic mass is 9.68. The Morgan fingerprint density at radius 1 is 0.269 bits per heavy atom. The van der Waals surface area contributed by atoms with Crippen LogP contribution >= 0.6 is 0 Å². The molecule has 0 saturated heterocycles. The van der Waals surface area contributed by atoms with E-state index in [0.29, 0.717) is 0 Å². The zero-order valence-corrected chi connectivity index (χ0v) is 51.5. The van der Waals surface area contributed by atoms with Crippen LogP contribution in [0, 0.1) is 6.92 Å². The third-order valence-electron chi connectivity index (χ3n) is 22.2. The molecule has 0 atom stereocenters. The standard InChI is InChI=1S/C90H57NO2/c1-52-33-39-56(40-34-52)91(57-42-44-64-75(47-57)88(2,3)79-49-67(55-37-35-54(36-38-55)53-19-5-4-6-20-53)87-86(83(64)79)66-26-12-18-32-81(66)93-87)58-41-43-63-68-50-78-69(51-77(68)90(76(63)48-58)72-29-15-9-23-61(72)62-24-10-16-30-73(62)90)84-74(45-46-82-85(84)65-25-11-17-31-80(65)92-82)89(78)70-27-13-7-21-59(70)60-22-8-14-28-71(60)89/h4-51H,1-3H3. The molecular formula is C90H57NO2. The first-order chi connectivity index (χ1) is 45.8. The van der Waals surface area contributed by atoms with E-state index in [0.717, 1.165) is 61.3 Å². The Kier molecular flexibility index (Phi) is 9.99. The molecule has 0 radical (unpaired) electrons. The highest BCUT2D eigenvalue weighted by Crippen LogP contribution is 2.70. The number of fused-ring (bicyclic) bond motifs is 31. The predicted octanol–water partition coefficient (Wildman–Crippen LogP) is 23.6. The number of nitrogens with zero attached hydrogens (tertiary/aromatic N) is 1. The van der Waals surface area contributed by atoms with Crippen LogP contribution in [0.5, 0.6) is 0 Å². The molecular weight excluding hydrogens is 1130 g/mol. The Morgan fingerprint density at radius 2 is 0.720 bits per heavy atom. The Balaban J connectivity index is 0.799. The highest BCUT2D eigenvalue weighted by atomic mass is 16.3. The zero-order chi connectivity index (χ0) is 61.2. The van der Waals surface area contributed by atoms with E-state index in [2.05, 4.69) is 317 Å². The Morgan fingerprint density at radius 3 is 1.37 bits per heavy atom. The van der Waals surface area contributed by atoms with E-state index in [1.54, 1.807) is 0 Å². The smallest absolute Gasteiger partial charge is 0.143 e. The maximum atomic E-state index is 7.00. The summed E-state index contributed by atoms with van der Waals surface area (Å²) in [5.41, 5.74) is 36.9. The van der Waals surface area contributed by atoms with Crippen molar-refractivity contribution >= 4 is 60.9 Å². The van der Waals surface area contributed by atoms with Crippen molar-refractivity contribution in [1.29, 1.82) is 0 Å². The quantitative estimate of drug-likeness (QED) is 0.172. The van der Waals surface area contributed by atoms with Crippen molar-refractivity contribution in [2.75, 3.05) is 4.90 Å². The lowest BCUT2D eigenvalue weighted by Gasteiger charge is -2.33. The van der Waals surface area contributed by atoms with Gasteiger partial charge in [0.15, 0.2) is 0 Å². The molecule has 93 heavy (non-hydrogen) atoms. The molecule has 0 N–H and O–H groups in total. The van der Waals surface area contributed by atoms with Crippen LogP contribution in [-0.2, 0) is 16.2 Å². The van der Waals surface area contributed by atoms with Crippen molar-refractivity contribution in [2.24, 2.45) is 0 Å². The van der Waals surface area contributed by atoms with Gasteiger partial charge in [0.2, 0.25) is 0 Å². The van der Waals surface area contributed by atoms with Gasteiger partial charge >= 0.3 is 0 Å². The van der Waals surface area contributed by atoms with Gasteiger partial charge in [-0.25, -0.2) is 0 Å². The summed E-state index contributed by atoms with van der Waals surface area (Å²) in [4.78, 5) is 2.52. The third-order valence-corrected chi connectivity index (χ3v) is 22.2. The fourth-order valence-electron chi connectivity index (χ4n) is 18.2. The van der Waals surface area contributed by atoms with Crippen molar-refractivity contribution in [3.63, 3.8) is 0 Å².